The second-order valence-electron chi connectivity index (χ2n) is 5.83. The maximum Gasteiger partial charge on any atom is 0.122 e. The van der Waals surface area contributed by atoms with Crippen LogP contribution < -0.4 is 5.32 Å². The van der Waals surface area contributed by atoms with Gasteiger partial charge in [0.2, 0.25) is 0 Å². The molecule has 2 rings (SSSR count). The van der Waals surface area contributed by atoms with Crippen molar-refractivity contribution in [3.63, 3.8) is 0 Å². The fraction of sp³-hybridized carbons (Fsp3) is 0.733. The molecular weight excluding hydrogens is 240 g/mol. The van der Waals surface area contributed by atoms with Gasteiger partial charge in [0.15, 0.2) is 0 Å². The standard InChI is InChI=1S/C15H26N2O2/c1-4-6-16-10-13-5-8-19-14(13)11-17-7-9-18-12-15(17,2)3/h5,8,16H,4,6-7,9-12H2,1-3H3. The molecule has 0 atom stereocenters. The van der Waals surface area contributed by atoms with Crippen LogP contribution >= 0.6 is 0 Å². The van der Waals surface area contributed by atoms with E-state index in [4.69, 9.17) is 9.15 Å². The van der Waals surface area contributed by atoms with E-state index in [1.807, 2.05) is 0 Å². The highest BCUT2D eigenvalue weighted by Crippen LogP contribution is 2.23. The van der Waals surface area contributed by atoms with Crippen LogP contribution in [0.15, 0.2) is 16.7 Å². The molecule has 0 bridgehead atoms. The molecule has 1 aromatic heterocycles. The molecule has 0 aromatic carbocycles. The summed E-state index contributed by atoms with van der Waals surface area (Å²) >= 11 is 0. The molecule has 0 unspecified atom stereocenters. The van der Waals surface area contributed by atoms with Crippen molar-refractivity contribution in [2.24, 2.45) is 0 Å². The molecule has 1 fully saturated rings. The van der Waals surface area contributed by atoms with E-state index in [0.717, 1.165) is 51.6 Å². The largest absolute Gasteiger partial charge is 0.468 e. The molecule has 4 nitrogen and oxygen atoms in total. The van der Waals surface area contributed by atoms with Gasteiger partial charge in [0.05, 0.1) is 26.0 Å². The van der Waals surface area contributed by atoms with Gasteiger partial charge < -0.3 is 14.5 Å². The molecule has 108 valence electrons. The van der Waals surface area contributed by atoms with E-state index in [1.54, 1.807) is 6.26 Å². The normalized spacial score (nSPS) is 19.7. The van der Waals surface area contributed by atoms with Gasteiger partial charge in [-0.3, -0.25) is 4.90 Å². The first-order chi connectivity index (χ1) is 9.13. The lowest BCUT2D eigenvalue weighted by Gasteiger charge is -2.41. The molecule has 0 amide bonds. The Hall–Kier alpha value is -0.840. The fourth-order valence-electron chi connectivity index (χ4n) is 2.42. The first kappa shape index (κ1) is 14.6. The van der Waals surface area contributed by atoms with E-state index in [0.29, 0.717) is 0 Å². The lowest BCUT2D eigenvalue weighted by atomic mass is 10.0. The first-order valence-electron chi connectivity index (χ1n) is 7.22. The SMILES string of the molecule is CCCNCc1ccoc1CN1CCOCC1(C)C. The van der Waals surface area contributed by atoms with Gasteiger partial charge in [-0.15, -0.1) is 0 Å². The summed E-state index contributed by atoms with van der Waals surface area (Å²) in [5.41, 5.74) is 1.36. The Morgan fingerprint density at radius 2 is 2.26 bits per heavy atom. The molecule has 4 heteroatoms. The summed E-state index contributed by atoms with van der Waals surface area (Å²) in [6.45, 7) is 12.0. The van der Waals surface area contributed by atoms with E-state index in [9.17, 15) is 0 Å². The van der Waals surface area contributed by atoms with Crippen molar-refractivity contribution in [3.05, 3.63) is 23.7 Å². The summed E-state index contributed by atoms with van der Waals surface area (Å²) < 4.78 is 11.2. The molecule has 1 aliphatic rings. The van der Waals surface area contributed by atoms with Crippen molar-refractivity contribution < 1.29 is 9.15 Å². The Morgan fingerprint density at radius 3 is 3.00 bits per heavy atom. The molecule has 1 aliphatic heterocycles. The summed E-state index contributed by atoms with van der Waals surface area (Å²) in [6.07, 6.45) is 2.95. The summed E-state index contributed by atoms with van der Waals surface area (Å²) in [5, 5.41) is 3.43. The number of nitrogens with zero attached hydrogens (tertiary/aromatic N) is 1. The highest BCUT2D eigenvalue weighted by molar-refractivity contribution is 5.17. The van der Waals surface area contributed by atoms with Gasteiger partial charge in [0, 0.05) is 24.2 Å². The molecule has 1 N–H and O–H groups in total. The number of ether oxygens (including phenoxy) is 1. The zero-order chi connectivity index (χ0) is 13.7. The third-order valence-electron chi connectivity index (χ3n) is 3.73. The van der Waals surface area contributed by atoms with Crippen LogP contribution in [0, 0.1) is 0 Å². The average molecular weight is 266 g/mol. The van der Waals surface area contributed by atoms with Crippen molar-refractivity contribution in [1.29, 1.82) is 0 Å². The van der Waals surface area contributed by atoms with Gasteiger partial charge in [0.25, 0.3) is 0 Å². The predicted molar refractivity (Wildman–Crippen MR) is 76.0 cm³/mol. The zero-order valence-corrected chi connectivity index (χ0v) is 12.4. The highest BCUT2D eigenvalue weighted by Gasteiger charge is 2.31. The minimum atomic E-state index is 0.0825. The van der Waals surface area contributed by atoms with Crippen molar-refractivity contribution in [1.82, 2.24) is 10.2 Å². The molecule has 1 saturated heterocycles. The second kappa shape index (κ2) is 6.55. The molecule has 2 heterocycles. The summed E-state index contributed by atoms with van der Waals surface area (Å²) in [6, 6.07) is 2.07. The molecule has 1 aromatic rings. The van der Waals surface area contributed by atoms with Gasteiger partial charge >= 0.3 is 0 Å². The lowest BCUT2D eigenvalue weighted by molar-refractivity contribution is -0.0578. The molecule has 0 saturated carbocycles. The lowest BCUT2D eigenvalue weighted by Crippen LogP contribution is -2.52. The van der Waals surface area contributed by atoms with Gasteiger partial charge in [0.1, 0.15) is 5.76 Å². The Balaban J connectivity index is 1.96. The van der Waals surface area contributed by atoms with Crippen molar-refractivity contribution >= 4 is 0 Å². The number of nitrogens with one attached hydrogen (secondary N) is 1. The summed E-state index contributed by atoms with van der Waals surface area (Å²) in [7, 11) is 0. The number of rotatable bonds is 6. The van der Waals surface area contributed by atoms with Gasteiger partial charge in [-0.05, 0) is 32.9 Å². The smallest absolute Gasteiger partial charge is 0.122 e. The average Bonchev–Trinajstić information content (AvgIpc) is 2.80. The quantitative estimate of drug-likeness (QED) is 0.802. The zero-order valence-electron chi connectivity index (χ0n) is 12.4. The van der Waals surface area contributed by atoms with Gasteiger partial charge in [-0.25, -0.2) is 0 Å². The Labute approximate surface area is 116 Å². The maximum absolute atomic E-state index is 5.67. The Morgan fingerprint density at radius 1 is 1.42 bits per heavy atom. The van der Waals surface area contributed by atoms with Gasteiger partial charge in [-0.1, -0.05) is 6.92 Å². The van der Waals surface area contributed by atoms with Crippen LogP contribution in [0.2, 0.25) is 0 Å². The number of morpholine rings is 1. The molecule has 0 radical (unpaired) electrons. The van der Waals surface area contributed by atoms with Gasteiger partial charge in [-0.2, -0.15) is 0 Å². The number of furan rings is 1. The van der Waals surface area contributed by atoms with Crippen molar-refractivity contribution in [2.45, 2.75) is 45.8 Å². The summed E-state index contributed by atoms with van der Waals surface area (Å²) in [5.74, 6) is 1.08. The minimum Gasteiger partial charge on any atom is -0.468 e. The van der Waals surface area contributed by atoms with Crippen molar-refractivity contribution in [3.8, 4) is 0 Å². The van der Waals surface area contributed by atoms with Crippen LogP contribution in [0.1, 0.15) is 38.5 Å². The third-order valence-corrected chi connectivity index (χ3v) is 3.73. The minimum absolute atomic E-state index is 0.0825. The summed E-state index contributed by atoms with van der Waals surface area (Å²) in [4.78, 5) is 2.44. The van der Waals surface area contributed by atoms with Crippen LogP contribution in [-0.4, -0.2) is 36.7 Å². The number of hydrogen-bond acceptors (Lipinski definition) is 4. The van der Waals surface area contributed by atoms with Crippen molar-refractivity contribution in [2.75, 3.05) is 26.3 Å². The van der Waals surface area contributed by atoms with E-state index < -0.39 is 0 Å². The second-order valence-corrected chi connectivity index (χ2v) is 5.83. The Bertz CT molecular complexity index is 387. The molecule has 0 aliphatic carbocycles. The van der Waals surface area contributed by atoms with Crippen LogP contribution in [0.4, 0.5) is 0 Å². The molecule has 19 heavy (non-hydrogen) atoms. The highest BCUT2D eigenvalue weighted by atomic mass is 16.5. The van der Waals surface area contributed by atoms with E-state index >= 15 is 0 Å². The van der Waals surface area contributed by atoms with Crippen LogP contribution in [-0.2, 0) is 17.8 Å². The topological polar surface area (TPSA) is 37.6 Å². The van der Waals surface area contributed by atoms with Crippen LogP contribution in [0.25, 0.3) is 0 Å². The first-order valence-corrected chi connectivity index (χ1v) is 7.22. The van der Waals surface area contributed by atoms with E-state index in [1.165, 1.54) is 5.56 Å². The fourth-order valence-corrected chi connectivity index (χ4v) is 2.42. The third kappa shape index (κ3) is 3.81. The van der Waals surface area contributed by atoms with E-state index in [2.05, 4.69) is 37.1 Å². The molecular formula is C15H26N2O2. The van der Waals surface area contributed by atoms with E-state index in [-0.39, 0.29) is 5.54 Å². The van der Waals surface area contributed by atoms with Crippen LogP contribution in [0.5, 0.6) is 0 Å². The number of hydrogen-bond donors (Lipinski definition) is 1. The monoisotopic (exact) mass is 266 g/mol. The Kier molecular flexibility index (Phi) is 5.02. The van der Waals surface area contributed by atoms with Crippen LogP contribution in [0.3, 0.4) is 0 Å². The maximum atomic E-state index is 5.67. The predicted octanol–water partition coefficient (Wildman–Crippen LogP) is 2.39. The molecule has 0 spiro atoms.